The van der Waals surface area contributed by atoms with E-state index in [1.54, 1.807) is 12.1 Å². The van der Waals surface area contributed by atoms with Crippen LogP contribution in [0.1, 0.15) is 17.5 Å². The van der Waals surface area contributed by atoms with Crippen LogP contribution < -0.4 is 4.74 Å². The fraction of sp³-hybridized carbons (Fsp3) is 0.0556. The summed E-state index contributed by atoms with van der Waals surface area (Å²) in [7, 11) is 0. The maximum absolute atomic E-state index is 11.3. The summed E-state index contributed by atoms with van der Waals surface area (Å²) in [4.78, 5) is 10.9. The number of nitro benzene ring substituents is 1. The number of allylic oxidation sites excluding steroid dienone is 2. The van der Waals surface area contributed by atoms with Crippen molar-refractivity contribution >= 4 is 22.5 Å². The minimum Gasteiger partial charge on any atom is -0.460 e. The van der Waals surface area contributed by atoms with Gasteiger partial charge in [0.1, 0.15) is 5.75 Å². The number of benzene rings is 5. The second-order valence-electron chi connectivity index (χ2n) is 9.87. The first-order chi connectivity index (χ1) is 20.6. The molecule has 5 aromatic carbocycles. The van der Waals surface area contributed by atoms with Crippen molar-refractivity contribution < 1.29 is 9.66 Å². The topological polar surface area (TPSA) is 77.1 Å². The van der Waals surface area contributed by atoms with Gasteiger partial charge in [0.25, 0.3) is 5.69 Å². The van der Waals surface area contributed by atoms with Crippen molar-refractivity contribution in [3.63, 3.8) is 0 Å². The lowest BCUT2D eigenvalue weighted by Crippen LogP contribution is -2.36. The Balaban J connectivity index is 1.49. The largest absolute Gasteiger partial charge is 0.460 e. The lowest BCUT2D eigenvalue weighted by Gasteiger charge is -2.34. The highest BCUT2D eigenvalue weighted by atomic mass is 16.6. The third-order valence-corrected chi connectivity index (χ3v) is 7.15. The number of nitro groups is 1. The van der Waals surface area contributed by atoms with E-state index in [1.807, 2.05) is 103 Å². The van der Waals surface area contributed by atoms with Crippen molar-refractivity contribution in [2.45, 2.75) is 12.1 Å². The molecule has 0 aromatic heterocycles. The van der Waals surface area contributed by atoms with E-state index in [1.165, 1.54) is 12.1 Å². The molecule has 0 aliphatic heterocycles. The summed E-state index contributed by atoms with van der Waals surface area (Å²) in [5.41, 5.74) is 5.36. The molecule has 42 heavy (non-hydrogen) atoms. The van der Waals surface area contributed by atoms with Crippen LogP contribution in [0, 0.1) is 10.1 Å². The van der Waals surface area contributed by atoms with Crippen molar-refractivity contribution in [1.82, 2.24) is 0 Å². The fourth-order valence-corrected chi connectivity index (χ4v) is 5.04. The molecule has 0 bridgehead atoms. The highest BCUT2D eigenvalue weighted by molar-refractivity contribution is 5.89. The Morgan fingerprint density at radius 2 is 1.24 bits per heavy atom. The van der Waals surface area contributed by atoms with E-state index in [4.69, 9.17) is 15.0 Å². The Labute approximate surface area is 244 Å². The van der Waals surface area contributed by atoms with E-state index in [9.17, 15) is 10.1 Å². The van der Waals surface area contributed by atoms with Crippen LogP contribution in [0.3, 0.4) is 0 Å². The van der Waals surface area contributed by atoms with Gasteiger partial charge in [-0.3, -0.25) is 10.1 Å². The molecule has 0 amide bonds. The lowest BCUT2D eigenvalue weighted by molar-refractivity contribution is -0.384. The molecule has 6 heteroatoms. The molecule has 0 heterocycles. The molecule has 5 aromatic rings. The Morgan fingerprint density at radius 3 is 1.88 bits per heavy atom. The third-order valence-electron chi connectivity index (χ3n) is 7.15. The number of hydrogen-bond acceptors (Lipinski definition) is 5. The number of ether oxygens (including phenoxy) is 1. The highest BCUT2D eigenvalue weighted by Crippen LogP contribution is 2.44. The van der Waals surface area contributed by atoms with Crippen LogP contribution in [-0.4, -0.2) is 10.6 Å². The van der Waals surface area contributed by atoms with E-state index < -0.39 is 10.6 Å². The molecule has 0 spiro atoms. The summed E-state index contributed by atoms with van der Waals surface area (Å²) < 4.78 is 6.70. The van der Waals surface area contributed by atoms with Crippen LogP contribution in [0.5, 0.6) is 5.75 Å². The fourth-order valence-electron chi connectivity index (χ4n) is 5.04. The van der Waals surface area contributed by atoms with E-state index in [0.29, 0.717) is 17.9 Å². The molecule has 204 valence electrons. The average molecular weight is 550 g/mol. The zero-order valence-corrected chi connectivity index (χ0v) is 22.7. The summed E-state index contributed by atoms with van der Waals surface area (Å²) in [6.07, 6.45) is 4.60. The van der Waals surface area contributed by atoms with Crippen molar-refractivity contribution in [3.8, 4) is 16.9 Å². The van der Waals surface area contributed by atoms with Crippen LogP contribution in [0.2, 0.25) is 0 Å². The van der Waals surface area contributed by atoms with Crippen LogP contribution in [0.4, 0.5) is 11.4 Å². The maximum atomic E-state index is 11.3. The third kappa shape index (κ3) is 5.64. The van der Waals surface area contributed by atoms with E-state index >= 15 is 0 Å². The van der Waals surface area contributed by atoms with Crippen molar-refractivity contribution in [1.29, 1.82) is 0 Å². The molecule has 6 rings (SSSR count). The normalized spacial score (nSPS) is 16.5. The maximum Gasteiger partial charge on any atom is 0.269 e. The Hall–Kier alpha value is -5.62. The molecule has 0 fully saturated rings. The van der Waals surface area contributed by atoms with Gasteiger partial charge in [-0.2, -0.15) is 5.11 Å². The molecule has 6 nitrogen and oxygen atoms in total. The molecular weight excluding hydrogens is 522 g/mol. The summed E-state index contributed by atoms with van der Waals surface area (Å²) in [5, 5.41) is 21.1. The van der Waals surface area contributed by atoms with E-state index in [-0.39, 0.29) is 5.69 Å². The van der Waals surface area contributed by atoms with Gasteiger partial charge < -0.3 is 4.74 Å². The first kappa shape index (κ1) is 26.6. The van der Waals surface area contributed by atoms with Gasteiger partial charge in [0.15, 0.2) is 0 Å². The second kappa shape index (κ2) is 11.9. The van der Waals surface area contributed by atoms with Crippen LogP contribution in [0.25, 0.3) is 22.3 Å². The molecule has 0 saturated carbocycles. The van der Waals surface area contributed by atoms with Crippen LogP contribution in [0.15, 0.2) is 162 Å². The zero-order chi connectivity index (χ0) is 28.8. The Kier molecular flexibility index (Phi) is 7.51. The number of rotatable bonds is 8. The summed E-state index contributed by atoms with van der Waals surface area (Å²) in [6, 6.07) is 44.2. The molecule has 0 radical (unpaired) electrons. The lowest BCUT2D eigenvalue weighted by atomic mass is 9.84. The Morgan fingerprint density at radius 1 is 0.667 bits per heavy atom. The Bertz CT molecular complexity index is 1780. The quantitative estimate of drug-likeness (QED) is 0.110. The van der Waals surface area contributed by atoms with Gasteiger partial charge >= 0.3 is 0 Å². The van der Waals surface area contributed by atoms with Crippen LogP contribution in [-0.2, 0) is 0 Å². The molecular formula is C36H27N3O3. The molecule has 1 unspecified atom stereocenters. The van der Waals surface area contributed by atoms with Crippen LogP contribution >= 0.6 is 0 Å². The number of hydrogen-bond donors (Lipinski definition) is 0. The van der Waals surface area contributed by atoms with Gasteiger partial charge in [0, 0.05) is 29.7 Å². The summed E-state index contributed by atoms with van der Waals surface area (Å²) in [5.74, 6) is 0.453. The van der Waals surface area contributed by atoms with Gasteiger partial charge in [-0.15, -0.1) is 5.11 Å². The first-order valence-corrected chi connectivity index (χ1v) is 13.7. The minimum absolute atomic E-state index is 0.0106. The number of azo groups is 1. The monoisotopic (exact) mass is 549 g/mol. The van der Waals surface area contributed by atoms with Gasteiger partial charge in [-0.05, 0) is 46.5 Å². The summed E-state index contributed by atoms with van der Waals surface area (Å²) >= 11 is 0. The second-order valence-corrected chi connectivity index (χ2v) is 9.87. The van der Waals surface area contributed by atoms with Gasteiger partial charge in [-0.1, -0.05) is 115 Å². The smallest absolute Gasteiger partial charge is 0.269 e. The predicted molar refractivity (Wildman–Crippen MR) is 166 cm³/mol. The van der Waals surface area contributed by atoms with Crippen molar-refractivity contribution in [2.75, 3.05) is 0 Å². The van der Waals surface area contributed by atoms with E-state index in [2.05, 4.69) is 24.3 Å². The van der Waals surface area contributed by atoms with Gasteiger partial charge in [0.05, 0.1) is 10.6 Å². The zero-order valence-electron chi connectivity index (χ0n) is 22.7. The predicted octanol–water partition coefficient (Wildman–Crippen LogP) is 9.69. The van der Waals surface area contributed by atoms with Gasteiger partial charge in [0.2, 0.25) is 5.72 Å². The van der Waals surface area contributed by atoms with Gasteiger partial charge in [-0.25, -0.2) is 0 Å². The summed E-state index contributed by atoms with van der Waals surface area (Å²) in [6.45, 7) is 0. The molecule has 0 N–H and O–H groups in total. The first-order valence-electron chi connectivity index (χ1n) is 13.7. The molecule has 1 aliphatic carbocycles. The van der Waals surface area contributed by atoms with E-state index in [0.717, 1.165) is 33.4 Å². The highest BCUT2D eigenvalue weighted by Gasteiger charge is 2.40. The van der Waals surface area contributed by atoms with Crippen molar-refractivity contribution in [2.24, 2.45) is 10.2 Å². The molecule has 0 saturated heterocycles. The SMILES string of the molecule is O=[N+]([O-])c1ccc(OC2(N=Nc3ccccc3-c3ccccc3)CC=C(c3ccccc3)C=C2c2ccccc2)cc1. The van der Waals surface area contributed by atoms with Crippen molar-refractivity contribution in [3.05, 3.63) is 173 Å². The number of nitrogens with zero attached hydrogens (tertiary/aromatic N) is 3. The standard InChI is InChI=1S/C36H27N3O3/c40-39(41)31-20-22-32(23-21-31)42-36(38-37-35-19-11-10-18-33(35)28-14-6-2-7-15-28)25-24-30(27-12-4-1-5-13-27)26-34(36)29-16-8-3-9-17-29/h1-24,26H,25H2. The number of non-ortho nitro benzene ring substituents is 1. The average Bonchev–Trinajstić information content (AvgIpc) is 3.05. The molecule has 1 aliphatic rings. The molecule has 1 atom stereocenters. The minimum atomic E-state index is -1.24.